The van der Waals surface area contributed by atoms with Crippen LogP contribution >= 0.6 is 0 Å². The maximum atomic E-state index is 12.4. The van der Waals surface area contributed by atoms with Crippen LogP contribution in [0, 0.1) is 0 Å². The molecule has 0 bridgehead atoms. The van der Waals surface area contributed by atoms with Gasteiger partial charge in [-0.15, -0.1) is 0 Å². The molecule has 0 aliphatic carbocycles. The number of aliphatic hydroxyl groups excluding tert-OH is 1. The second-order valence-electron chi connectivity index (χ2n) is 4.60. The van der Waals surface area contributed by atoms with Crippen LogP contribution < -0.4 is 0 Å². The van der Waals surface area contributed by atoms with E-state index in [2.05, 4.69) is 4.98 Å². The summed E-state index contributed by atoms with van der Waals surface area (Å²) < 4.78 is 31.7. The molecule has 2 rings (SSSR count). The van der Waals surface area contributed by atoms with Crippen molar-refractivity contribution in [3.63, 3.8) is 0 Å². The van der Waals surface area contributed by atoms with Gasteiger partial charge in [0.1, 0.15) is 0 Å². The number of aliphatic hydroxyl groups is 1. The molecule has 1 aromatic rings. The van der Waals surface area contributed by atoms with Crippen LogP contribution in [0.2, 0.25) is 0 Å². The number of hydrogen-bond acceptors (Lipinski definition) is 4. The zero-order chi connectivity index (χ0) is 13.3. The van der Waals surface area contributed by atoms with Crippen molar-refractivity contribution in [2.75, 3.05) is 13.1 Å². The van der Waals surface area contributed by atoms with Crippen molar-refractivity contribution >= 4 is 10.0 Å². The average molecular weight is 274 g/mol. The predicted octanol–water partition coefficient (Wildman–Crippen LogP) is 0.305. The summed E-state index contributed by atoms with van der Waals surface area (Å²) in [6.07, 6.45) is 1.19. The Morgan fingerprint density at radius 1 is 1.44 bits per heavy atom. The van der Waals surface area contributed by atoms with Gasteiger partial charge in [0.05, 0.1) is 23.7 Å². The zero-order valence-corrected chi connectivity index (χ0v) is 11.3. The minimum Gasteiger partial charge on any atom is -0.390 e. The molecule has 1 aliphatic heterocycles. The van der Waals surface area contributed by atoms with Crippen LogP contribution in [-0.4, -0.2) is 48.1 Å². The van der Waals surface area contributed by atoms with Gasteiger partial charge in [0, 0.05) is 25.0 Å². The summed E-state index contributed by atoms with van der Waals surface area (Å²) in [5, 5.41) is 8.95. The molecule has 0 aromatic carbocycles. The number of nitrogens with zero attached hydrogens (tertiary/aromatic N) is 1. The first kappa shape index (κ1) is 13.5. The Hall–Kier alpha value is -0.890. The minimum absolute atomic E-state index is 0.111. The van der Waals surface area contributed by atoms with Crippen molar-refractivity contribution in [1.29, 1.82) is 0 Å². The second kappa shape index (κ2) is 5.00. The van der Waals surface area contributed by atoms with E-state index in [9.17, 15) is 8.42 Å². The molecule has 0 radical (unpaired) electrons. The molecular formula is C11H18N2O4S. The van der Waals surface area contributed by atoms with Gasteiger partial charge in [-0.05, 0) is 19.9 Å². The number of sulfonamides is 1. The number of hydrogen-bond donors (Lipinski definition) is 2. The molecule has 1 aromatic heterocycles. The van der Waals surface area contributed by atoms with E-state index in [0.29, 0.717) is 18.8 Å². The number of H-pyrrole nitrogens is 1. The van der Waals surface area contributed by atoms with Crippen molar-refractivity contribution in [2.45, 2.75) is 37.6 Å². The van der Waals surface area contributed by atoms with Crippen molar-refractivity contribution < 1.29 is 18.3 Å². The topological polar surface area (TPSA) is 82.6 Å². The molecule has 1 aliphatic rings. The standard InChI is InChI=1S/C11H18N2O4S/c1-8-5-13(6-9(2)17-8)18(15,16)11-3-10(7-14)12-4-11/h3-4,8-9,12,14H,5-7H2,1-2H3. The molecule has 2 heterocycles. The van der Waals surface area contributed by atoms with Crippen molar-refractivity contribution in [3.8, 4) is 0 Å². The molecule has 0 spiro atoms. The van der Waals surface area contributed by atoms with Crippen molar-refractivity contribution in [2.24, 2.45) is 0 Å². The average Bonchev–Trinajstić information content (AvgIpc) is 2.76. The Morgan fingerprint density at radius 3 is 2.56 bits per heavy atom. The van der Waals surface area contributed by atoms with E-state index in [1.807, 2.05) is 13.8 Å². The third-order valence-electron chi connectivity index (χ3n) is 2.91. The third kappa shape index (κ3) is 2.59. The van der Waals surface area contributed by atoms with E-state index < -0.39 is 10.0 Å². The van der Waals surface area contributed by atoms with Crippen LogP contribution in [0.1, 0.15) is 19.5 Å². The number of aromatic amines is 1. The first-order chi connectivity index (χ1) is 8.43. The van der Waals surface area contributed by atoms with Gasteiger partial charge in [-0.2, -0.15) is 4.31 Å². The summed E-state index contributed by atoms with van der Waals surface area (Å²) in [5.41, 5.74) is 0.489. The molecule has 1 fully saturated rings. The summed E-state index contributed by atoms with van der Waals surface area (Å²) >= 11 is 0. The van der Waals surface area contributed by atoms with Crippen LogP contribution in [0.4, 0.5) is 0 Å². The van der Waals surface area contributed by atoms with E-state index in [1.54, 1.807) is 0 Å². The Labute approximate surface area is 107 Å². The van der Waals surface area contributed by atoms with E-state index in [-0.39, 0.29) is 23.7 Å². The molecule has 2 unspecified atom stereocenters. The van der Waals surface area contributed by atoms with Crippen molar-refractivity contribution in [3.05, 3.63) is 18.0 Å². The van der Waals surface area contributed by atoms with E-state index in [1.165, 1.54) is 16.6 Å². The maximum Gasteiger partial charge on any atom is 0.244 e. The number of morpholine rings is 1. The fourth-order valence-corrected chi connectivity index (χ4v) is 3.74. The van der Waals surface area contributed by atoms with Gasteiger partial charge >= 0.3 is 0 Å². The molecule has 1 saturated heterocycles. The molecular weight excluding hydrogens is 256 g/mol. The molecule has 0 saturated carbocycles. The molecule has 7 heteroatoms. The third-order valence-corrected chi connectivity index (χ3v) is 4.72. The van der Waals surface area contributed by atoms with Crippen LogP contribution in [0.5, 0.6) is 0 Å². The quantitative estimate of drug-likeness (QED) is 0.830. The Morgan fingerprint density at radius 2 is 2.06 bits per heavy atom. The van der Waals surface area contributed by atoms with Gasteiger partial charge in [0.15, 0.2) is 0 Å². The Kier molecular flexibility index (Phi) is 3.76. The van der Waals surface area contributed by atoms with Crippen molar-refractivity contribution in [1.82, 2.24) is 9.29 Å². The molecule has 6 nitrogen and oxygen atoms in total. The number of rotatable bonds is 3. The lowest BCUT2D eigenvalue weighted by Crippen LogP contribution is -2.47. The highest BCUT2D eigenvalue weighted by Crippen LogP contribution is 2.21. The van der Waals surface area contributed by atoms with Gasteiger partial charge in [-0.1, -0.05) is 0 Å². The van der Waals surface area contributed by atoms with Crippen LogP contribution in [-0.2, 0) is 21.4 Å². The SMILES string of the molecule is CC1CN(S(=O)(=O)c2c[nH]c(CO)c2)CC(C)O1. The summed E-state index contributed by atoms with van der Waals surface area (Å²) in [4.78, 5) is 2.92. The largest absolute Gasteiger partial charge is 0.390 e. The lowest BCUT2D eigenvalue weighted by molar-refractivity contribution is -0.0440. The van der Waals surface area contributed by atoms with Crippen LogP contribution in [0.15, 0.2) is 17.2 Å². The highest BCUT2D eigenvalue weighted by atomic mass is 32.2. The minimum atomic E-state index is -3.51. The predicted molar refractivity (Wildman–Crippen MR) is 65.5 cm³/mol. The second-order valence-corrected chi connectivity index (χ2v) is 6.54. The number of ether oxygens (including phenoxy) is 1. The van der Waals surface area contributed by atoms with E-state index in [0.717, 1.165) is 0 Å². The summed E-state index contributed by atoms with van der Waals surface area (Å²) in [7, 11) is -3.51. The Balaban J connectivity index is 2.25. The van der Waals surface area contributed by atoms with E-state index >= 15 is 0 Å². The Bertz CT molecular complexity index is 501. The number of aromatic nitrogens is 1. The molecule has 2 atom stereocenters. The molecule has 18 heavy (non-hydrogen) atoms. The smallest absolute Gasteiger partial charge is 0.244 e. The fraction of sp³-hybridized carbons (Fsp3) is 0.636. The van der Waals surface area contributed by atoms with Gasteiger partial charge in [0.2, 0.25) is 10.0 Å². The first-order valence-electron chi connectivity index (χ1n) is 5.87. The summed E-state index contributed by atoms with van der Waals surface area (Å²) in [6.45, 7) is 4.22. The lowest BCUT2D eigenvalue weighted by Gasteiger charge is -2.34. The summed E-state index contributed by atoms with van der Waals surface area (Å²) in [5.74, 6) is 0. The number of nitrogens with one attached hydrogen (secondary N) is 1. The highest BCUT2D eigenvalue weighted by Gasteiger charge is 2.32. The lowest BCUT2D eigenvalue weighted by atomic mass is 10.3. The van der Waals surface area contributed by atoms with Crippen LogP contribution in [0.25, 0.3) is 0 Å². The van der Waals surface area contributed by atoms with Gasteiger partial charge < -0.3 is 14.8 Å². The highest BCUT2D eigenvalue weighted by molar-refractivity contribution is 7.89. The van der Waals surface area contributed by atoms with Crippen LogP contribution in [0.3, 0.4) is 0 Å². The molecule has 2 N–H and O–H groups in total. The fourth-order valence-electron chi connectivity index (χ4n) is 2.14. The normalized spacial score (nSPS) is 26.4. The summed E-state index contributed by atoms with van der Waals surface area (Å²) in [6, 6.07) is 1.46. The van der Waals surface area contributed by atoms with Gasteiger partial charge in [-0.3, -0.25) is 0 Å². The maximum absolute atomic E-state index is 12.4. The molecule has 102 valence electrons. The van der Waals surface area contributed by atoms with Gasteiger partial charge in [0.25, 0.3) is 0 Å². The molecule has 0 amide bonds. The van der Waals surface area contributed by atoms with E-state index in [4.69, 9.17) is 9.84 Å². The first-order valence-corrected chi connectivity index (χ1v) is 7.31. The van der Waals surface area contributed by atoms with Gasteiger partial charge in [-0.25, -0.2) is 8.42 Å². The monoisotopic (exact) mass is 274 g/mol. The zero-order valence-electron chi connectivity index (χ0n) is 10.5.